The molecule has 6 nitrogen and oxygen atoms in total. The number of hydrogen-bond acceptors (Lipinski definition) is 4. The maximum atomic E-state index is 11.7. The molecule has 1 heterocycles. The van der Waals surface area contributed by atoms with Crippen molar-refractivity contribution >= 4 is 35.0 Å². The zero-order valence-corrected chi connectivity index (χ0v) is 11.4. The summed E-state index contributed by atoms with van der Waals surface area (Å²) in [4.78, 5) is 25.7. The maximum Gasteiger partial charge on any atom is 0.288 e. The number of nitro benzene ring substituents is 1. The van der Waals surface area contributed by atoms with E-state index in [2.05, 4.69) is 10.3 Å². The van der Waals surface area contributed by atoms with Gasteiger partial charge in [-0.15, -0.1) is 0 Å². The van der Waals surface area contributed by atoms with E-state index in [9.17, 15) is 14.9 Å². The van der Waals surface area contributed by atoms with Gasteiger partial charge in [-0.2, -0.15) is 0 Å². The average molecular weight is 304 g/mol. The lowest BCUT2D eigenvalue weighted by molar-refractivity contribution is -0.384. The smallest absolute Gasteiger partial charge is 0.288 e. The molecule has 0 saturated carbocycles. The Hall–Kier alpha value is -2.73. The van der Waals surface area contributed by atoms with Gasteiger partial charge in [-0.3, -0.25) is 19.9 Å². The van der Waals surface area contributed by atoms with E-state index in [0.717, 1.165) is 0 Å². The van der Waals surface area contributed by atoms with Gasteiger partial charge < -0.3 is 5.32 Å². The lowest BCUT2D eigenvalue weighted by Crippen LogP contribution is -2.07. The number of carbonyl (C=O) groups excluding carboxylic acids is 1. The summed E-state index contributed by atoms with van der Waals surface area (Å²) in [6.07, 6.45) is 5.85. The Bertz CT molecular complexity index is 702. The molecule has 0 unspecified atom stereocenters. The van der Waals surface area contributed by atoms with Crippen molar-refractivity contribution in [1.29, 1.82) is 0 Å². The highest BCUT2D eigenvalue weighted by molar-refractivity contribution is 6.32. The van der Waals surface area contributed by atoms with Crippen molar-refractivity contribution in [1.82, 2.24) is 4.98 Å². The molecule has 0 aliphatic heterocycles. The standard InChI is InChI=1S/C14H10ClN3O3/c15-12-5-3-10(8-13(12)18(20)21)4-6-14(19)17-11-2-1-7-16-9-11/h1-9H,(H,17,19). The maximum absolute atomic E-state index is 11.7. The number of nitrogens with one attached hydrogen (secondary N) is 1. The number of benzene rings is 1. The minimum absolute atomic E-state index is 0.0527. The topological polar surface area (TPSA) is 85.1 Å². The fraction of sp³-hybridized carbons (Fsp3) is 0. The van der Waals surface area contributed by atoms with Crippen LogP contribution in [0, 0.1) is 10.1 Å². The number of carbonyl (C=O) groups is 1. The minimum atomic E-state index is -0.574. The van der Waals surface area contributed by atoms with Crippen LogP contribution in [-0.4, -0.2) is 15.8 Å². The van der Waals surface area contributed by atoms with Gasteiger partial charge in [0, 0.05) is 18.3 Å². The molecule has 1 aromatic heterocycles. The Morgan fingerprint density at radius 3 is 2.86 bits per heavy atom. The normalized spacial score (nSPS) is 10.5. The molecule has 1 amide bonds. The van der Waals surface area contributed by atoms with Gasteiger partial charge in [0.15, 0.2) is 0 Å². The van der Waals surface area contributed by atoms with E-state index in [4.69, 9.17) is 11.6 Å². The van der Waals surface area contributed by atoms with E-state index in [-0.39, 0.29) is 16.6 Å². The third-order valence-electron chi connectivity index (χ3n) is 2.52. The van der Waals surface area contributed by atoms with E-state index >= 15 is 0 Å². The summed E-state index contributed by atoms with van der Waals surface area (Å²) in [6, 6.07) is 7.70. The molecule has 2 aromatic rings. The van der Waals surface area contributed by atoms with Crippen LogP contribution < -0.4 is 5.32 Å². The fourth-order valence-electron chi connectivity index (χ4n) is 1.57. The number of rotatable bonds is 4. The van der Waals surface area contributed by atoms with E-state index in [1.54, 1.807) is 24.4 Å². The van der Waals surface area contributed by atoms with E-state index in [1.807, 2.05) is 0 Å². The molecule has 2 rings (SSSR count). The van der Waals surface area contributed by atoms with Crippen LogP contribution in [0.2, 0.25) is 5.02 Å². The Balaban J connectivity index is 2.09. The molecular formula is C14H10ClN3O3. The van der Waals surface area contributed by atoms with Crippen LogP contribution in [0.15, 0.2) is 48.8 Å². The molecule has 0 bridgehead atoms. The minimum Gasteiger partial charge on any atom is -0.321 e. The second-order valence-corrected chi connectivity index (χ2v) is 4.44. The number of pyridine rings is 1. The summed E-state index contributed by atoms with van der Waals surface area (Å²) in [6.45, 7) is 0. The number of amides is 1. The van der Waals surface area contributed by atoms with Crippen LogP contribution in [0.25, 0.3) is 6.08 Å². The monoisotopic (exact) mass is 303 g/mol. The van der Waals surface area contributed by atoms with Crippen LogP contribution in [0.4, 0.5) is 11.4 Å². The number of halogens is 1. The molecule has 0 fully saturated rings. The van der Waals surface area contributed by atoms with Crippen molar-refractivity contribution in [2.24, 2.45) is 0 Å². The van der Waals surface area contributed by atoms with Crippen LogP contribution in [0.1, 0.15) is 5.56 Å². The van der Waals surface area contributed by atoms with E-state index in [1.165, 1.54) is 30.5 Å². The third-order valence-corrected chi connectivity index (χ3v) is 2.84. The summed E-state index contributed by atoms with van der Waals surface area (Å²) < 4.78 is 0. The first-order valence-corrected chi connectivity index (χ1v) is 6.27. The molecule has 1 aromatic carbocycles. The SMILES string of the molecule is O=C(C=Cc1ccc(Cl)c([N+](=O)[O-])c1)Nc1cccnc1. The fourth-order valence-corrected chi connectivity index (χ4v) is 1.75. The Morgan fingerprint density at radius 2 is 2.19 bits per heavy atom. The molecule has 0 radical (unpaired) electrons. The predicted octanol–water partition coefficient (Wildman–Crippen LogP) is 3.30. The lowest BCUT2D eigenvalue weighted by Gasteiger charge is -2.00. The van der Waals surface area contributed by atoms with Crippen molar-refractivity contribution in [3.63, 3.8) is 0 Å². The van der Waals surface area contributed by atoms with Gasteiger partial charge in [-0.05, 0) is 29.8 Å². The summed E-state index contributed by atoms with van der Waals surface area (Å²) in [5, 5.41) is 13.4. The van der Waals surface area contributed by atoms with Gasteiger partial charge in [0.25, 0.3) is 5.69 Å². The first-order valence-electron chi connectivity index (χ1n) is 5.89. The van der Waals surface area contributed by atoms with Crippen LogP contribution >= 0.6 is 11.6 Å². The molecule has 106 valence electrons. The van der Waals surface area contributed by atoms with E-state index < -0.39 is 4.92 Å². The molecule has 0 spiro atoms. The van der Waals surface area contributed by atoms with E-state index in [0.29, 0.717) is 11.3 Å². The Morgan fingerprint density at radius 1 is 1.38 bits per heavy atom. The number of nitro groups is 1. The number of nitrogens with zero attached hydrogens (tertiary/aromatic N) is 2. The Labute approximate surface area is 125 Å². The second kappa shape index (κ2) is 6.62. The zero-order chi connectivity index (χ0) is 15.2. The van der Waals surface area contributed by atoms with Gasteiger partial charge in [-0.25, -0.2) is 0 Å². The molecular weight excluding hydrogens is 294 g/mol. The molecule has 0 aliphatic rings. The van der Waals surface area contributed by atoms with Gasteiger partial charge in [0.05, 0.1) is 16.8 Å². The molecule has 0 saturated heterocycles. The molecule has 0 atom stereocenters. The number of aromatic nitrogens is 1. The molecule has 0 aliphatic carbocycles. The zero-order valence-electron chi connectivity index (χ0n) is 10.7. The van der Waals surface area contributed by atoms with Gasteiger partial charge in [-0.1, -0.05) is 17.7 Å². The second-order valence-electron chi connectivity index (χ2n) is 4.03. The summed E-state index contributed by atoms with van der Waals surface area (Å²) in [5.74, 6) is -0.361. The predicted molar refractivity (Wildman–Crippen MR) is 80.0 cm³/mol. The highest BCUT2D eigenvalue weighted by atomic mass is 35.5. The van der Waals surface area contributed by atoms with Gasteiger partial charge in [0.2, 0.25) is 5.91 Å². The Kier molecular flexibility index (Phi) is 4.63. The van der Waals surface area contributed by atoms with Crippen molar-refractivity contribution in [2.75, 3.05) is 5.32 Å². The highest BCUT2D eigenvalue weighted by Gasteiger charge is 2.11. The van der Waals surface area contributed by atoms with Crippen LogP contribution in [0.5, 0.6) is 0 Å². The van der Waals surface area contributed by atoms with Crippen LogP contribution in [-0.2, 0) is 4.79 Å². The average Bonchev–Trinajstić information content (AvgIpc) is 2.47. The van der Waals surface area contributed by atoms with Gasteiger partial charge in [0.1, 0.15) is 5.02 Å². The number of hydrogen-bond donors (Lipinski definition) is 1. The summed E-state index contributed by atoms with van der Waals surface area (Å²) in [5.41, 5.74) is 0.869. The molecule has 21 heavy (non-hydrogen) atoms. The quantitative estimate of drug-likeness (QED) is 0.533. The number of anilines is 1. The lowest BCUT2D eigenvalue weighted by atomic mass is 10.2. The van der Waals surface area contributed by atoms with Crippen LogP contribution in [0.3, 0.4) is 0 Å². The van der Waals surface area contributed by atoms with Crippen molar-refractivity contribution in [3.8, 4) is 0 Å². The largest absolute Gasteiger partial charge is 0.321 e. The molecule has 7 heteroatoms. The first kappa shape index (κ1) is 14.7. The van der Waals surface area contributed by atoms with Crippen molar-refractivity contribution in [3.05, 3.63) is 69.5 Å². The summed E-state index contributed by atoms with van der Waals surface area (Å²) >= 11 is 5.71. The third kappa shape index (κ3) is 4.12. The van der Waals surface area contributed by atoms with Crippen molar-refractivity contribution in [2.45, 2.75) is 0 Å². The van der Waals surface area contributed by atoms with Gasteiger partial charge >= 0.3 is 0 Å². The highest BCUT2D eigenvalue weighted by Crippen LogP contribution is 2.25. The summed E-state index contributed by atoms with van der Waals surface area (Å²) in [7, 11) is 0. The first-order chi connectivity index (χ1) is 10.1. The van der Waals surface area contributed by atoms with Crippen molar-refractivity contribution < 1.29 is 9.72 Å². The molecule has 1 N–H and O–H groups in total.